The third-order valence-corrected chi connectivity index (χ3v) is 4.28. The molecule has 0 saturated heterocycles. The van der Waals surface area contributed by atoms with Gasteiger partial charge in [0.2, 0.25) is 0 Å². The lowest BCUT2D eigenvalue weighted by Crippen LogP contribution is -2.30. The first-order valence-electron chi connectivity index (χ1n) is 7.68. The van der Waals surface area contributed by atoms with E-state index in [0.717, 1.165) is 5.39 Å². The normalized spacial score (nSPS) is 11.3. The summed E-state index contributed by atoms with van der Waals surface area (Å²) in [4.78, 5) is 29.8. The zero-order valence-electron chi connectivity index (χ0n) is 13.3. The van der Waals surface area contributed by atoms with Gasteiger partial charge in [-0.1, -0.05) is 23.7 Å². The number of hydrogen-bond acceptors (Lipinski definition) is 4. The number of rotatable bonds is 3. The molecule has 0 fully saturated rings. The Balaban J connectivity index is 1.91. The van der Waals surface area contributed by atoms with Crippen LogP contribution < -0.4 is 5.69 Å². The van der Waals surface area contributed by atoms with Gasteiger partial charge in [-0.3, -0.25) is 9.36 Å². The smallest absolute Gasteiger partial charge is 0.292 e. The van der Waals surface area contributed by atoms with E-state index in [1.165, 1.54) is 9.08 Å². The quantitative estimate of drug-likeness (QED) is 0.532. The Kier molecular flexibility index (Phi) is 3.62. The minimum absolute atomic E-state index is 0.0875. The number of aryl methyl sites for hydroxylation is 1. The number of Topliss-reactive ketones (excluding diaryl/α,β-unsaturated/α-hetero) is 1. The molecule has 4 rings (SSSR count). The third-order valence-electron chi connectivity index (χ3n) is 4.03. The summed E-state index contributed by atoms with van der Waals surface area (Å²) in [7, 11) is 0. The first-order valence-corrected chi connectivity index (χ1v) is 8.06. The second-order valence-corrected chi connectivity index (χ2v) is 6.15. The Morgan fingerprint density at radius 1 is 1.12 bits per heavy atom. The van der Waals surface area contributed by atoms with Gasteiger partial charge in [-0.2, -0.15) is 4.52 Å². The molecule has 0 N–H and O–H groups in total. The molecule has 25 heavy (non-hydrogen) atoms. The van der Waals surface area contributed by atoms with E-state index in [2.05, 4.69) is 10.1 Å². The molecule has 0 aliphatic carbocycles. The summed E-state index contributed by atoms with van der Waals surface area (Å²) in [6, 6.07) is 14.0. The number of benzene rings is 2. The lowest BCUT2D eigenvalue weighted by molar-refractivity contribution is 0.0971. The second-order valence-electron chi connectivity index (χ2n) is 5.71. The molecule has 0 saturated carbocycles. The van der Waals surface area contributed by atoms with E-state index in [9.17, 15) is 9.59 Å². The number of carbonyl (C=O) groups is 1. The first kappa shape index (κ1) is 15.5. The van der Waals surface area contributed by atoms with Gasteiger partial charge < -0.3 is 0 Å². The van der Waals surface area contributed by atoms with Gasteiger partial charge in [0.15, 0.2) is 11.4 Å². The molecule has 0 radical (unpaired) electrons. The van der Waals surface area contributed by atoms with E-state index in [-0.39, 0.29) is 12.3 Å². The van der Waals surface area contributed by atoms with Crippen LogP contribution in [0.3, 0.4) is 0 Å². The zero-order chi connectivity index (χ0) is 17.6. The minimum Gasteiger partial charge on any atom is -0.292 e. The molecule has 4 aromatic rings. The van der Waals surface area contributed by atoms with Crippen LogP contribution in [-0.2, 0) is 6.54 Å². The van der Waals surface area contributed by atoms with Crippen molar-refractivity contribution in [2.45, 2.75) is 13.5 Å². The van der Waals surface area contributed by atoms with E-state index < -0.39 is 5.69 Å². The highest BCUT2D eigenvalue weighted by molar-refractivity contribution is 6.30. The van der Waals surface area contributed by atoms with Crippen LogP contribution in [-0.4, -0.2) is 24.9 Å². The van der Waals surface area contributed by atoms with Crippen molar-refractivity contribution in [1.29, 1.82) is 0 Å². The molecular formula is C18H13ClN4O2. The largest absolute Gasteiger partial charge is 0.351 e. The Bertz CT molecular complexity index is 1180. The molecule has 0 aliphatic rings. The predicted molar refractivity (Wildman–Crippen MR) is 95.3 cm³/mol. The molecule has 0 aliphatic heterocycles. The molecule has 0 unspecified atom stereocenters. The lowest BCUT2D eigenvalue weighted by atomic mass is 10.1. The summed E-state index contributed by atoms with van der Waals surface area (Å²) in [5, 5.41) is 5.48. The highest BCUT2D eigenvalue weighted by Gasteiger charge is 2.16. The summed E-state index contributed by atoms with van der Waals surface area (Å²) in [6.45, 7) is 1.64. The number of hydrogen-bond donors (Lipinski definition) is 0. The van der Waals surface area contributed by atoms with Crippen LogP contribution in [0.1, 0.15) is 16.2 Å². The van der Waals surface area contributed by atoms with Crippen LogP contribution in [0.2, 0.25) is 5.02 Å². The monoisotopic (exact) mass is 352 g/mol. The van der Waals surface area contributed by atoms with Crippen molar-refractivity contribution in [3.8, 4) is 0 Å². The zero-order valence-corrected chi connectivity index (χ0v) is 14.1. The molecule has 0 atom stereocenters. The number of carbonyl (C=O) groups excluding carboxylic acids is 1. The van der Waals surface area contributed by atoms with Crippen molar-refractivity contribution < 1.29 is 4.79 Å². The maximum atomic E-state index is 12.8. The fourth-order valence-corrected chi connectivity index (χ4v) is 2.99. The first-order chi connectivity index (χ1) is 12.0. The average Bonchev–Trinajstić information content (AvgIpc) is 3.01. The Morgan fingerprint density at radius 2 is 1.84 bits per heavy atom. The summed E-state index contributed by atoms with van der Waals surface area (Å²) in [5.74, 6) is 0.323. The van der Waals surface area contributed by atoms with Crippen LogP contribution in [0, 0.1) is 6.92 Å². The summed E-state index contributed by atoms with van der Waals surface area (Å²) in [5.41, 5.74) is 1.25. The SMILES string of the molecule is Cc1nc2c3ccccc3n(CC(=O)c3ccc(Cl)cc3)c(=O)n2n1. The van der Waals surface area contributed by atoms with Gasteiger partial charge >= 0.3 is 5.69 Å². The molecule has 0 amide bonds. The van der Waals surface area contributed by atoms with Crippen molar-refractivity contribution in [3.63, 3.8) is 0 Å². The molecule has 7 heteroatoms. The molecule has 2 heterocycles. The van der Waals surface area contributed by atoms with Crippen LogP contribution in [0.4, 0.5) is 0 Å². The topological polar surface area (TPSA) is 69.3 Å². The Labute approximate surface area is 147 Å². The Morgan fingerprint density at radius 3 is 2.60 bits per heavy atom. The van der Waals surface area contributed by atoms with Crippen LogP contribution in [0.25, 0.3) is 16.6 Å². The Hall–Kier alpha value is -2.99. The fourth-order valence-electron chi connectivity index (χ4n) is 2.86. The van der Waals surface area contributed by atoms with Gasteiger partial charge in [0.1, 0.15) is 5.82 Å². The number of aromatic nitrogens is 4. The molecule has 2 aromatic heterocycles. The van der Waals surface area contributed by atoms with E-state index in [1.807, 2.05) is 18.2 Å². The van der Waals surface area contributed by atoms with E-state index in [0.29, 0.717) is 27.6 Å². The predicted octanol–water partition coefficient (Wildman–Crippen LogP) is 2.89. The molecule has 0 spiro atoms. The van der Waals surface area contributed by atoms with Crippen molar-refractivity contribution in [3.05, 3.63) is 75.4 Å². The molecular weight excluding hydrogens is 340 g/mol. The standard InChI is InChI=1S/C18H13ClN4O2/c1-11-20-17-14-4-2-3-5-15(14)22(18(25)23(17)21-11)10-16(24)12-6-8-13(19)9-7-12/h2-9H,10H2,1H3. The minimum atomic E-state index is -0.392. The van der Waals surface area contributed by atoms with Gasteiger partial charge in [0.05, 0.1) is 12.1 Å². The van der Waals surface area contributed by atoms with E-state index in [4.69, 9.17) is 11.6 Å². The highest BCUT2D eigenvalue weighted by atomic mass is 35.5. The van der Waals surface area contributed by atoms with Crippen LogP contribution in [0.15, 0.2) is 53.3 Å². The number of halogens is 1. The van der Waals surface area contributed by atoms with Gasteiger partial charge in [0, 0.05) is 16.0 Å². The maximum absolute atomic E-state index is 12.8. The van der Waals surface area contributed by atoms with E-state index in [1.54, 1.807) is 37.3 Å². The van der Waals surface area contributed by atoms with Crippen molar-refractivity contribution in [2.24, 2.45) is 0 Å². The van der Waals surface area contributed by atoms with Crippen molar-refractivity contribution >= 4 is 33.9 Å². The van der Waals surface area contributed by atoms with Crippen molar-refractivity contribution in [2.75, 3.05) is 0 Å². The lowest BCUT2D eigenvalue weighted by Gasteiger charge is -2.10. The maximum Gasteiger partial charge on any atom is 0.351 e. The van der Waals surface area contributed by atoms with Gasteiger partial charge in [-0.05, 0) is 43.3 Å². The summed E-state index contributed by atoms with van der Waals surface area (Å²) < 4.78 is 2.67. The van der Waals surface area contributed by atoms with Crippen molar-refractivity contribution in [1.82, 2.24) is 19.2 Å². The molecule has 6 nitrogen and oxygen atoms in total. The van der Waals surface area contributed by atoms with Gasteiger partial charge in [-0.25, -0.2) is 9.78 Å². The number of para-hydroxylation sites is 1. The molecule has 124 valence electrons. The third kappa shape index (κ3) is 2.60. The number of nitrogens with zero attached hydrogens (tertiary/aromatic N) is 4. The average molecular weight is 353 g/mol. The molecule has 0 bridgehead atoms. The highest BCUT2D eigenvalue weighted by Crippen LogP contribution is 2.17. The van der Waals surface area contributed by atoms with Gasteiger partial charge in [-0.15, -0.1) is 5.10 Å². The van der Waals surface area contributed by atoms with E-state index >= 15 is 0 Å². The van der Waals surface area contributed by atoms with Crippen LogP contribution in [0.5, 0.6) is 0 Å². The summed E-state index contributed by atoms with van der Waals surface area (Å²) in [6.07, 6.45) is 0. The number of ketones is 1. The van der Waals surface area contributed by atoms with Gasteiger partial charge in [0.25, 0.3) is 0 Å². The summed E-state index contributed by atoms with van der Waals surface area (Å²) >= 11 is 5.86. The molecule has 2 aromatic carbocycles. The fraction of sp³-hybridized carbons (Fsp3) is 0.111. The number of fused-ring (bicyclic) bond motifs is 3. The van der Waals surface area contributed by atoms with Crippen LogP contribution >= 0.6 is 11.6 Å². The second kappa shape index (κ2) is 5.82.